The number of halogens is 1. The van der Waals surface area contributed by atoms with E-state index in [1.165, 1.54) is 11.3 Å². The van der Waals surface area contributed by atoms with Crippen LogP contribution in [0.1, 0.15) is 29.7 Å². The van der Waals surface area contributed by atoms with Crippen LogP contribution in [0.15, 0.2) is 94.2 Å². The smallest absolute Gasteiger partial charge is 0.338 e. The molecular weight excluding hydrogens is 508 g/mol. The van der Waals surface area contributed by atoms with Crippen molar-refractivity contribution in [1.82, 2.24) is 4.57 Å². The van der Waals surface area contributed by atoms with Crippen molar-refractivity contribution in [2.24, 2.45) is 4.99 Å². The molecule has 2 heterocycles. The van der Waals surface area contributed by atoms with E-state index in [1.807, 2.05) is 60.7 Å². The predicted octanol–water partition coefficient (Wildman–Crippen LogP) is 4.60. The number of thiazole rings is 1. The molecular formula is C29H23ClN2O4S. The highest BCUT2D eigenvalue weighted by molar-refractivity contribution is 7.07. The number of carbonyl (C=O) groups excluding carboxylic acids is 1. The summed E-state index contributed by atoms with van der Waals surface area (Å²) in [5, 5.41) is 0.526. The summed E-state index contributed by atoms with van der Waals surface area (Å²) in [5.41, 5.74) is 2.75. The molecule has 4 aromatic rings. The van der Waals surface area contributed by atoms with Gasteiger partial charge in [-0.2, -0.15) is 0 Å². The molecule has 6 nitrogen and oxygen atoms in total. The number of rotatable bonds is 6. The lowest BCUT2D eigenvalue weighted by molar-refractivity contribution is -0.138. The van der Waals surface area contributed by atoms with Crippen LogP contribution >= 0.6 is 22.9 Å². The Morgan fingerprint density at radius 2 is 1.78 bits per heavy atom. The quantitative estimate of drug-likeness (QED) is 0.342. The molecule has 37 heavy (non-hydrogen) atoms. The zero-order valence-corrected chi connectivity index (χ0v) is 21.8. The highest BCUT2D eigenvalue weighted by Gasteiger charge is 2.35. The Kier molecular flexibility index (Phi) is 7.08. The van der Waals surface area contributed by atoms with Gasteiger partial charge in [0.15, 0.2) is 4.80 Å². The van der Waals surface area contributed by atoms with E-state index in [4.69, 9.17) is 26.1 Å². The standard InChI is InChI=1S/C29H23ClN2O4S/c1-3-36-28(34)24-25(18-10-6-4-7-11-18)31-29-32(26(24)19-12-8-5-9-13-19)27(33)23(37-29)17-20-16-21(30)14-15-22(20)35-2/h4-17,26H,3H2,1-2H3/b23-17-/t26-/m0/s1. The van der Waals surface area contributed by atoms with E-state index in [1.54, 1.807) is 42.9 Å². The number of nitrogens with zero attached hydrogens (tertiary/aromatic N) is 2. The van der Waals surface area contributed by atoms with Crippen LogP contribution in [-0.4, -0.2) is 24.3 Å². The minimum Gasteiger partial charge on any atom is -0.496 e. The van der Waals surface area contributed by atoms with Crippen LogP contribution in [0.5, 0.6) is 5.75 Å². The van der Waals surface area contributed by atoms with Gasteiger partial charge in [-0.3, -0.25) is 9.36 Å². The lowest BCUT2D eigenvalue weighted by Crippen LogP contribution is -2.40. The summed E-state index contributed by atoms with van der Waals surface area (Å²) in [6.07, 6.45) is 1.74. The van der Waals surface area contributed by atoms with E-state index in [9.17, 15) is 9.59 Å². The van der Waals surface area contributed by atoms with Crippen molar-refractivity contribution in [1.29, 1.82) is 0 Å². The van der Waals surface area contributed by atoms with Gasteiger partial charge in [0.1, 0.15) is 5.75 Å². The number of methoxy groups -OCH3 is 1. The second-order valence-electron chi connectivity index (χ2n) is 8.23. The van der Waals surface area contributed by atoms with Gasteiger partial charge in [-0.1, -0.05) is 83.6 Å². The maximum absolute atomic E-state index is 13.9. The van der Waals surface area contributed by atoms with Crippen molar-refractivity contribution in [2.75, 3.05) is 13.7 Å². The first kappa shape index (κ1) is 24.7. The third-order valence-corrected chi connectivity index (χ3v) is 7.19. The normalized spacial score (nSPS) is 15.2. The highest BCUT2D eigenvalue weighted by Crippen LogP contribution is 2.35. The number of esters is 1. The van der Waals surface area contributed by atoms with Crippen LogP contribution < -0.4 is 19.6 Å². The van der Waals surface area contributed by atoms with Gasteiger partial charge < -0.3 is 9.47 Å². The zero-order chi connectivity index (χ0) is 25.9. The monoisotopic (exact) mass is 530 g/mol. The molecule has 0 unspecified atom stereocenters. The molecule has 1 aliphatic heterocycles. The maximum atomic E-state index is 13.9. The summed E-state index contributed by atoms with van der Waals surface area (Å²) in [7, 11) is 1.56. The molecule has 0 saturated carbocycles. The molecule has 8 heteroatoms. The van der Waals surface area contributed by atoms with Crippen molar-refractivity contribution in [3.8, 4) is 5.75 Å². The van der Waals surface area contributed by atoms with Gasteiger partial charge >= 0.3 is 5.97 Å². The zero-order valence-electron chi connectivity index (χ0n) is 20.2. The molecule has 0 saturated heterocycles. The second-order valence-corrected chi connectivity index (χ2v) is 9.67. The first-order valence-electron chi connectivity index (χ1n) is 11.7. The molecule has 0 N–H and O–H groups in total. The molecule has 0 spiro atoms. The molecule has 1 aliphatic rings. The molecule has 1 aromatic heterocycles. The number of fused-ring (bicyclic) bond motifs is 1. The number of ether oxygens (including phenoxy) is 2. The van der Waals surface area contributed by atoms with Crippen LogP contribution in [0, 0.1) is 0 Å². The van der Waals surface area contributed by atoms with Crippen molar-refractivity contribution in [3.63, 3.8) is 0 Å². The van der Waals surface area contributed by atoms with Crippen molar-refractivity contribution >= 4 is 40.7 Å². The number of aromatic nitrogens is 1. The minimum absolute atomic E-state index is 0.199. The minimum atomic E-state index is -0.713. The SMILES string of the molecule is CCOC(=O)C1=C(c2ccccc2)N=c2s/c(=C\c3cc(Cl)ccc3OC)c(=O)n2[C@H]1c1ccccc1. The molecule has 5 rings (SSSR count). The van der Waals surface area contributed by atoms with Gasteiger partial charge in [0, 0.05) is 16.1 Å². The fourth-order valence-electron chi connectivity index (χ4n) is 4.35. The van der Waals surface area contributed by atoms with Gasteiger partial charge in [0.25, 0.3) is 5.56 Å². The molecule has 0 aliphatic carbocycles. The molecule has 0 bridgehead atoms. The Labute approximate surface area is 222 Å². The Morgan fingerprint density at radius 1 is 1.08 bits per heavy atom. The topological polar surface area (TPSA) is 69.9 Å². The molecule has 3 aromatic carbocycles. The van der Waals surface area contributed by atoms with Crippen LogP contribution in [0.25, 0.3) is 11.8 Å². The molecule has 0 radical (unpaired) electrons. The van der Waals surface area contributed by atoms with E-state index in [2.05, 4.69) is 0 Å². The largest absolute Gasteiger partial charge is 0.496 e. The third-order valence-electron chi connectivity index (χ3n) is 5.97. The second kappa shape index (κ2) is 10.6. The van der Waals surface area contributed by atoms with Gasteiger partial charge in [-0.15, -0.1) is 0 Å². The van der Waals surface area contributed by atoms with Crippen LogP contribution in [0.3, 0.4) is 0 Å². The Balaban J connectivity index is 1.83. The van der Waals surface area contributed by atoms with E-state index < -0.39 is 12.0 Å². The van der Waals surface area contributed by atoms with Crippen LogP contribution in [0.2, 0.25) is 5.02 Å². The first-order chi connectivity index (χ1) is 18.0. The summed E-state index contributed by atoms with van der Waals surface area (Å²) in [6.45, 7) is 1.96. The van der Waals surface area contributed by atoms with E-state index >= 15 is 0 Å². The summed E-state index contributed by atoms with van der Waals surface area (Å²) >= 11 is 7.47. The van der Waals surface area contributed by atoms with Gasteiger partial charge in [-0.05, 0) is 36.8 Å². The Morgan fingerprint density at radius 3 is 2.46 bits per heavy atom. The fraction of sp³-hybridized carbons (Fsp3) is 0.138. The van der Waals surface area contributed by atoms with E-state index in [0.29, 0.717) is 36.9 Å². The summed E-state index contributed by atoms with van der Waals surface area (Å²) in [6, 6.07) is 23.4. The summed E-state index contributed by atoms with van der Waals surface area (Å²) < 4.78 is 13.0. The molecule has 186 valence electrons. The fourth-order valence-corrected chi connectivity index (χ4v) is 5.52. The van der Waals surface area contributed by atoms with E-state index in [0.717, 1.165) is 11.1 Å². The lowest BCUT2D eigenvalue weighted by atomic mass is 9.93. The number of benzene rings is 3. The van der Waals surface area contributed by atoms with Crippen molar-refractivity contribution < 1.29 is 14.3 Å². The van der Waals surface area contributed by atoms with E-state index in [-0.39, 0.29) is 12.2 Å². The lowest BCUT2D eigenvalue weighted by Gasteiger charge is -2.25. The maximum Gasteiger partial charge on any atom is 0.338 e. The number of hydrogen-bond donors (Lipinski definition) is 0. The Bertz CT molecular complexity index is 1670. The van der Waals surface area contributed by atoms with Gasteiger partial charge in [0.2, 0.25) is 0 Å². The van der Waals surface area contributed by atoms with Crippen molar-refractivity contribution in [2.45, 2.75) is 13.0 Å². The van der Waals surface area contributed by atoms with Crippen LogP contribution in [-0.2, 0) is 9.53 Å². The van der Waals surface area contributed by atoms with Gasteiger partial charge in [0.05, 0.1) is 35.6 Å². The number of hydrogen-bond acceptors (Lipinski definition) is 6. The summed E-state index contributed by atoms with van der Waals surface area (Å²) in [4.78, 5) is 32.6. The van der Waals surface area contributed by atoms with Crippen LogP contribution in [0.4, 0.5) is 0 Å². The predicted molar refractivity (Wildman–Crippen MR) is 146 cm³/mol. The molecule has 1 atom stereocenters. The third kappa shape index (κ3) is 4.75. The van der Waals surface area contributed by atoms with Crippen molar-refractivity contribution in [3.05, 3.63) is 126 Å². The average Bonchev–Trinajstić information content (AvgIpc) is 3.23. The summed E-state index contributed by atoms with van der Waals surface area (Å²) in [5.74, 6) is 0.0804. The van der Waals surface area contributed by atoms with Gasteiger partial charge in [-0.25, -0.2) is 9.79 Å². The highest BCUT2D eigenvalue weighted by atomic mass is 35.5. The Hall–Kier alpha value is -3.94. The number of carbonyl (C=O) groups is 1. The molecule has 0 amide bonds. The molecule has 0 fully saturated rings. The first-order valence-corrected chi connectivity index (χ1v) is 12.9. The average molecular weight is 531 g/mol.